The van der Waals surface area contributed by atoms with Gasteiger partial charge in [0.15, 0.2) is 0 Å². The fourth-order valence-corrected chi connectivity index (χ4v) is 4.53. The lowest BCUT2D eigenvalue weighted by Gasteiger charge is -2.37. The molecule has 5 nitrogen and oxygen atoms in total. The monoisotopic (exact) mass is 465 g/mol. The normalized spacial score (nSPS) is 20.1. The Morgan fingerprint density at radius 2 is 1.76 bits per heavy atom. The van der Waals surface area contributed by atoms with E-state index in [-0.39, 0.29) is 42.2 Å². The van der Waals surface area contributed by atoms with Crippen molar-refractivity contribution < 1.29 is 9.53 Å². The van der Waals surface area contributed by atoms with E-state index in [9.17, 15) is 4.79 Å². The Balaban J connectivity index is 0.00000210. The van der Waals surface area contributed by atoms with Gasteiger partial charge in [-0.05, 0) is 42.5 Å². The van der Waals surface area contributed by atoms with Gasteiger partial charge in [-0.1, -0.05) is 43.0 Å². The van der Waals surface area contributed by atoms with Crippen LogP contribution >= 0.6 is 36.4 Å². The zero-order valence-corrected chi connectivity index (χ0v) is 19.3. The maximum absolute atomic E-state index is 12.7. The molecule has 1 saturated heterocycles. The Kier molecular flexibility index (Phi) is 11.9. The molecule has 2 aliphatic rings. The van der Waals surface area contributed by atoms with Gasteiger partial charge in [-0.3, -0.25) is 9.69 Å². The van der Waals surface area contributed by atoms with Crippen molar-refractivity contribution >= 4 is 42.3 Å². The summed E-state index contributed by atoms with van der Waals surface area (Å²) in [6, 6.07) is 8.07. The highest BCUT2D eigenvalue weighted by Gasteiger charge is 2.33. The highest BCUT2D eigenvalue weighted by Crippen LogP contribution is 2.38. The largest absolute Gasteiger partial charge is 0.379 e. The van der Waals surface area contributed by atoms with Crippen LogP contribution in [-0.4, -0.2) is 50.2 Å². The quantitative estimate of drug-likeness (QED) is 0.638. The minimum absolute atomic E-state index is 0. The van der Waals surface area contributed by atoms with Crippen LogP contribution in [0.4, 0.5) is 0 Å². The van der Waals surface area contributed by atoms with Crippen LogP contribution in [0.1, 0.15) is 50.1 Å². The second kappa shape index (κ2) is 13.0. The summed E-state index contributed by atoms with van der Waals surface area (Å²) in [7, 11) is 0. The zero-order valence-electron chi connectivity index (χ0n) is 16.9. The van der Waals surface area contributed by atoms with E-state index in [0.29, 0.717) is 19.5 Å². The Labute approximate surface area is 191 Å². The van der Waals surface area contributed by atoms with Gasteiger partial charge >= 0.3 is 0 Å². The molecule has 1 saturated carbocycles. The molecule has 0 spiro atoms. The van der Waals surface area contributed by atoms with Crippen molar-refractivity contribution in [3.05, 3.63) is 34.9 Å². The first-order chi connectivity index (χ1) is 13.1. The lowest BCUT2D eigenvalue weighted by Crippen LogP contribution is -2.45. The number of carbonyl (C=O) groups excluding carboxylic acids is 1. The summed E-state index contributed by atoms with van der Waals surface area (Å²) in [6.07, 6.45) is 6.32. The van der Waals surface area contributed by atoms with Crippen LogP contribution in [0.25, 0.3) is 0 Å². The first-order valence-corrected chi connectivity index (χ1v) is 10.5. The molecule has 166 valence electrons. The molecule has 1 heterocycles. The summed E-state index contributed by atoms with van der Waals surface area (Å²) >= 11 is 6.05. The topological polar surface area (TPSA) is 67.6 Å². The summed E-state index contributed by atoms with van der Waals surface area (Å²) in [5.41, 5.74) is 7.22. The first-order valence-electron chi connectivity index (χ1n) is 10.2. The number of nitrogens with zero attached hydrogens (tertiary/aromatic N) is 1. The van der Waals surface area contributed by atoms with E-state index in [1.54, 1.807) is 0 Å². The average Bonchev–Trinajstić information content (AvgIpc) is 2.71. The van der Waals surface area contributed by atoms with Crippen LogP contribution in [0.2, 0.25) is 5.02 Å². The predicted octanol–water partition coefficient (Wildman–Crippen LogP) is 3.97. The molecule has 8 heteroatoms. The standard InChI is InChI=1S/C21H32ClN3O2.2ClH/c22-18-6-4-17(5-7-18)19(25-10-12-27-13-11-25)15-24-20(26)14-21(16-23)8-2-1-3-9-21;;/h4-7,19H,1-3,8-16,23H2,(H,24,26);2*1H. The van der Waals surface area contributed by atoms with Gasteiger partial charge < -0.3 is 15.8 Å². The number of ether oxygens (including phenoxy) is 1. The van der Waals surface area contributed by atoms with Crippen LogP contribution < -0.4 is 11.1 Å². The molecule has 1 aromatic rings. The lowest BCUT2D eigenvalue weighted by molar-refractivity contribution is -0.124. The van der Waals surface area contributed by atoms with E-state index < -0.39 is 0 Å². The molecule has 1 unspecified atom stereocenters. The molecule has 3 N–H and O–H groups in total. The van der Waals surface area contributed by atoms with Gasteiger partial charge in [0.2, 0.25) is 5.91 Å². The molecular weight excluding hydrogens is 433 g/mol. The van der Waals surface area contributed by atoms with E-state index in [0.717, 1.165) is 44.2 Å². The van der Waals surface area contributed by atoms with Crippen molar-refractivity contribution in [3.63, 3.8) is 0 Å². The van der Waals surface area contributed by atoms with Crippen molar-refractivity contribution in [2.45, 2.75) is 44.6 Å². The first kappa shape index (κ1) is 26.5. The molecule has 0 radical (unpaired) electrons. The molecule has 1 atom stereocenters. The minimum Gasteiger partial charge on any atom is -0.379 e. The number of carbonyl (C=O) groups is 1. The second-order valence-corrected chi connectivity index (χ2v) is 8.40. The molecule has 1 aromatic carbocycles. The second-order valence-electron chi connectivity index (χ2n) is 7.96. The van der Waals surface area contributed by atoms with Crippen LogP contribution in [0.5, 0.6) is 0 Å². The van der Waals surface area contributed by atoms with Crippen LogP contribution in [0.15, 0.2) is 24.3 Å². The van der Waals surface area contributed by atoms with E-state index in [4.69, 9.17) is 22.1 Å². The van der Waals surface area contributed by atoms with Gasteiger partial charge in [0, 0.05) is 31.1 Å². The number of amides is 1. The van der Waals surface area contributed by atoms with Crippen molar-refractivity contribution in [1.82, 2.24) is 10.2 Å². The molecule has 29 heavy (non-hydrogen) atoms. The number of nitrogens with two attached hydrogens (primary N) is 1. The number of morpholine rings is 1. The van der Waals surface area contributed by atoms with Gasteiger partial charge in [0.25, 0.3) is 0 Å². The summed E-state index contributed by atoms with van der Waals surface area (Å²) in [5, 5.41) is 3.92. The van der Waals surface area contributed by atoms with Crippen molar-refractivity contribution in [2.75, 3.05) is 39.4 Å². The molecule has 1 aliphatic carbocycles. The summed E-state index contributed by atoms with van der Waals surface area (Å²) in [5.74, 6) is 0.120. The van der Waals surface area contributed by atoms with E-state index in [1.165, 1.54) is 24.8 Å². The molecular formula is C21H34Cl3N3O2. The third-order valence-corrected chi connectivity index (χ3v) is 6.37. The molecule has 0 bridgehead atoms. The highest BCUT2D eigenvalue weighted by molar-refractivity contribution is 6.30. The Hall–Kier alpha value is -0.560. The van der Waals surface area contributed by atoms with Gasteiger partial charge in [0.05, 0.1) is 19.3 Å². The van der Waals surface area contributed by atoms with Crippen molar-refractivity contribution in [1.29, 1.82) is 0 Å². The van der Waals surface area contributed by atoms with Crippen LogP contribution in [-0.2, 0) is 9.53 Å². The number of nitrogens with one attached hydrogen (secondary N) is 1. The van der Waals surface area contributed by atoms with Crippen molar-refractivity contribution in [3.8, 4) is 0 Å². The van der Waals surface area contributed by atoms with Gasteiger partial charge in [-0.15, -0.1) is 24.8 Å². The maximum Gasteiger partial charge on any atom is 0.220 e. The maximum atomic E-state index is 12.7. The molecule has 1 amide bonds. The highest BCUT2D eigenvalue weighted by atomic mass is 35.5. The molecule has 2 fully saturated rings. The Morgan fingerprint density at radius 3 is 2.34 bits per heavy atom. The van der Waals surface area contributed by atoms with Gasteiger partial charge in [-0.25, -0.2) is 0 Å². The lowest BCUT2D eigenvalue weighted by atomic mass is 9.71. The third-order valence-electron chi connectivity index (χ3n) is 6.12. The predicted molar refractivity (Wildman–Crippen MR) is 123 cm³/mol. The molecule has 1 aliphatic heterocycles. The van der Waals surface area contributed by atoms with Crippen molar-refractivity contribution in [2.24, 2.45) is 11.1 Å². The summed E-state index contributed by atoms with van der Waals surface area (Å²) in [6.45, 7) is 4.40. The molecule has 0 aromatic heterocycles. The Morgan fingerprint density at radius 1 is 1.14 bits per heavy atom. The smallest absolute Gasteiger partial charge is 0.220 e. The zero-order chi connectivity index (χ0) is 19.1. The number of halogens is 3. The molecule has 3 rings (SSSR count). The van der Waals surface area contributed by atoms with Crippen LogP contribution in [0.3, 0.4) is 0 Å². The SMILES string of the molecule is Cl.Cl.NCC1(CC(=O)NCC(c2ccc(Cl)cc2)N2CCOCC2)CCCCC1. The number of rotatable bonds is 7. The average molecular weight is 467 g/mol. The van der Waals surface area contributed by atoms with Gasteiger partial charge in [-0.2, -0.15) is 0 Å². The number of benzene rings is 1. The summed E-state index contributed by atoms with van der Waals surface area (Å²) < 4.78 is 5.49. The minimum atomic E-state index is -0.00291. The number of hydrogen-bond donors (Lipinski definition) is 2. The Bertz CT molecular complexity index is 604. The van der Waals surface area contributed by atoms with E-state index in [1.807, 2.05) is 12.1 Å². The third kappa shape index (κ3) is 7.57. The number of hydrogen-bond acceptors (Lipinski definition) is 4. The fourth-order valence-electron chi connectivity index (χ4n) is 4.40. The van der Waals surface area contributed by atoms with E-state index >= 15 is 0 Å². The fraction of sp³-hybridized carbons (Fsp3) is 0.667. The van der Waals surface area contributed by atoms with Crippen LogP contribution in [0, 0.1) is 5.41 Å². The van der Waals surface area contributed by atoms with Gasteiger partial charge in [0.1, 0.15) is 0 Å². The summed E-state index contributed by atoms with van der Waals surface area (Å²) in [4.78, 5) is 15.1. The van der Waals surface area contributed by atoms with E-state index in [2.05, 4.69) is 22.3 Å².